The number of amides is 2. The predicted octanol–water partition coefficient (Wildman–Crippen LogP) is -0.538. The molecule has 0 saturated heterocycles. The Bertz CT molecular complexity index is 221. The summed E-state index contributed by atoms with van der Waals surface area (Å²) in [6, 6.07) is -0.625. The van der Waals surface area contributed by atoms with Gasteiger partial charge in [0.25, 0.3) is 0 Å². The van der Waals surface area contributed by atoms with Crippen molar-refractivity contribution >= 4 is 18.6 Å². The maximum atomic E-state index is 11.4. The van der Waals surface area contributed by atoms with Crippen LogP contribution in [0.25, 0.3) is 0 Å². The number of carbonyl (C=O) groups excluding carboxylic acids is 3. The average molecular weight is 200 g/mol. The Morgan fingerprint density at radius 3 is 2.29 bits per heavy atom. The summed E-state index contributed by atoms with van der Waals surface area (Å²) in [5.74, 6) is -0.350. The Kier molecular flexibility index (Phi) is 4.83. The van der Waals surface area contributed by atoms with E-state index in [0.29, 0.717) is 12.7 Å². The third-order valence-corrected chi connectivity index (χ3v) is 1.72. The number of nitrogens with one attached hydrogen (secondary N) is 2. The topological polar surface area (TPSA) is 75.3 Å². The molecule has 2 amide bonds. The van der Waals surface area contributed by atoms with Crippen LogP contribution in [0.1, 0.15) is 20.8 Å². The molecule has 0 aromatic heterocycles. The fourth-order valence-electron chi connectivity index (χ4n) is 1.03. The molecule has 2 N–H and O–H groups in total. The van der Waals surface area contributed by atoms with Crippen molar-refractivity contribution in [2.24, 2.45) is 5.41 Å². The molecule has 1 atom stereocenters. The Balaban J connectivity index is 4.40. The highest BCUT2D eigenvalue weighted by Gasteiger charge is 2.30. The highest BCUT2D eigenvalue weighted by atomic mass is 16.2. The number of carbonyl (C=O) groups is 3. The van der Waals surface area contributed by atoms with Crippen molar-refractivity contribution in [2.45, 2.75) is 26.8 Å². The quantitative estimate of drug-likeness (QED) is 0.585. The van der Waals surface area contributed by atoms with Crippen LogP contribution in [-0.4, -0.2) is 31.2 Å². The van der Waals surface area contributed by atoms with E-state index >= 15 is 0 Å². The summed E-state index contributed by atoms with van der Waals surface area (Å²) in [4.78, 5) is 31.8. The van der Waals surface area contributed by atoms with Crippen LogP contribution in [0.15, 0.2) is 0 Å². The second-order valence-electron chi connectivity index (χ2n) is 4.00. The van der Waals surface area contributed by atoms with E-state index in [-0.39, 0.29) is 17.9 Å². The molecule has 0 aliphatic rings. The predicted molar refractivity (Wildman–Crippen MR) is 51.5 cm³/mol. The van der Waals surface area contributed by atoms with Gasteiger partial charge in [0.2, 0.25) is 12.3 Å². The van der Waals surface area contributed by atoms with Gasteiger partial charge in [-0.25, -0.2) is 0 Å². The first-order chi connectivity index (χ1) is 6.43. The summed E-state index contributed by atoms with van der Waals surface area (Å²) in [6.45, 7) is 5.45. The third-order valence-electron chi connectivity index (χ3n) is 1.72. The van der Waals surface area contributed by atoms with Crippen LogP contribution in [0, 0.1) is 5.41 Å². The highest BCUT2D eigenvalue weighted by Crippen LogP contribution is 2.18. The van der Waals surface area contributed by atoms with Crippen LogP contribution in [0.2, 0.25) is 0 Å². The van der Waals surface area contributed by atoms with Gasteiger partial charge in [-0.15, -0.1) is 0 Å². The van der Waals surface area contributed by atoms with E-state index in [2.05, 4.69) is 10.6 Å². The minimum absolute atomic E-state index is 0.0358. The molecule has 0 bridgehead atoms. The van der Waals surface area contributed by atoms with Gasteiger partial charge in [0, 0.05) is 0 Å². The maximum Gasteiger partial charge on any atom is 0.243 e. The number of hydrogen-bond donors (Lipinski definition) is 2. The summed E-state index contributed by atoms with van der Waals surface area (Å²) in [5, 5.41) is 4.82. The zero-order chi connectivity index (χ0) is 11.2. The van der Waals surface area contributed by atoms with Crippen molar-refractivity contribution < 1.29 is 14.4 Å². The smallest absolute Gasteiger partial charge is 0.243 e. The molecule has 80 valence electrons. The SMILES string of the molecule is CC(C)(C)C(NC=O)C(=O)NCC=O. The van der Waals surface area contributed by atoms with Crippen LogP contribution in [0.5, 0.6) is 0 Å². The van der Waals surface area contributed by atoms with Crippen molar-refractivity contribution in [1.82, 2.24) is 10.6 Å². The van der Waals surface area contributed by atoms with Gasteiger partial charge in [0.15, 0.2) is 0 Å². The van der Waals surface area contributed by atoms with Crippen LogP contribution >= 0.6 is 0 Å². The van der Waals surface area contributed by atoms with Gasteiger partial charge in [-0.3, -0.25) is 9.59 Å². The lowest BCUT2D eigenvalue weighted by atomic mass is 9.86. The maximum absolute atomic E-state index is 11.4. The van der Waals surface area contributed by atoms with Crippen molar-refractivity contribution in [2.75, 3.05) is 6.54 Å². The fourth-order valence-corrected chi connectivity index (χ4v) is 1.03. The van der Waals surface area contributed by atoms with Crippen molar-refractivity contribution in [3.8, 4) is 0 Å². The van der Waals surface area contributed by atoms with Gasteiger partial charge < -0.3 is 15.4 Å². The molecule has 0 radical (unpaired) electrons. The van der Waals surface area contributed by atoms with Gasteiger partial charge in [-0.1, -0.05) is 20.8 Å². The van der Waals surface area contributed by atoms with Crippen LogP contribution in [0.4, 0.5) is 0 Å². The number of hydrogen-bond acceptors (Lipinski definition) is 3. The highest BCUT2D eigenvalue weighted by molar-refractivity contribution is 5.85. The molecule has 0 saturated carbocycles. The summed E-state index contributed by atoms with van der Waals surface area (Å²) in [5.41, 5.74) is -0.381. The molecule has 0 aliphatic heterocycles. The molecule has 0 aromatic rings. The van der Waals surface area contributed by atoms with E-state index < -0.39 is 6.04 Å². The van der Waals surface area contributed by atoms with Crippen LogP contribution in [-0.2, 0) is 14.4 Å². The minimum Gasteiger partial charge on any atom is -0.348 e. The van der Waals surface area contributed by atoms with E-state index in [4.69, 9.17) is 0 Å². The zero-order valence-corrected chi connectivity index (χ0v) is 8.66. The molecule has 0 fully saturated rings. The van der Waals surface area contributed by atoms with E-state index in [1.165, 1.54) is 0 Å². The van der Waals surface area contributed by atoms with Crippen LogP contribution in [0.3, 0.4) is 0 Å². The first-order valence-corrected chi connectivity index (χ1v) is 4.34. The largest absolute Gasteiger partial charge is 0.348 e. The van der Waals surface area contributed by atoms with Gasteiger partial charge >= 0.3 is 0 Å². The Labute approximate surface area is 83.2 Å². The van der Waals surface area contributed by atoms with Gasteiger partial charge in [0.1, 0.15) is 12.3 Å². The molecule has 0 aromatic carbocycles. The number of aldehydes is 1. The molecular formula is C9H16N2O3. The lowest BCUT2D eigenvalue weighted by molar-refractivity contribution is -0.128. The normalized spacial score (nSPS) is 12.8. The van der Waals surface area contributed by atoms with Gasteiger partial charge in [-0.05, 0) is 5.41 Å². The summed E-state index contributed by atoms with van der Waals surface area (Å²) >= 11 is 0. The minimum atomic E-state index is -0.625. The molecule has 0 aliphatic carbocycles. The van der Waals surface area contributed by atoms with E-state index in [1.54, 1.807) is 0 Å². The van der Waals surface area contributed by atoms with Crippen molar-refractivity contribution in [3.63, 3.8) is 0 Å². The van der Waals surface area contributed by atoms with Gasteiger partial charge in [-0.2, -0.15) is 0 Å². The molecular weight excluding hydrogens is 184 g/mol. The number of rotatable bonds is 5. The van der Waals surface area contributed by atoms with E-state index in [1.807, 2.05) is 20.8 Å². The zero-order valence-electron chi connectivity index (χ0n) is 8.66. The first-order valence-electron chi connectivity index (χ1n) is 4.34. The molecule has 0 spiro atoms. The summed E-state index contributed by atoms with van der Waals surface area (Å²) < 4.78 is 0. The monoisotopic (exact) mass is 200 g/mol. The van der Waals surface area contributed by atoms with E-state index in [9.17, 15) is 14.4 Å². The molecule has 0 heterocycles. The first kappa shape index (κ1) is 12.6. The van der Waals surface area contributed by atoms with Crippen molar-refractivity contribution in [1.29, 1.82) is 0 Å². The molecule has 5 heteroatoms. The molecule has 5 nitrogen and oxygen atoms in total. The standard InChI is InChI=1S/C9H16N2O3/c1-9(2,3)7(11-6-13)8(14)10-4-5-12/h5-7H,4H2,1-3H3,(H,10,14)(H,11,13). The molecule has 1 unspecified atom stereocenters. The average Bonchev–Trinajstić information content (AvgIpc) is 2.08. The fraction of sp³-hybridized carbons (Fsp3) is 0.667. The van der Waals surface area contributed by atoms with Gasteiger partial charge in [0.05, 0.1) is 6.54 Å². The Morgan fingerprint density at radius 2 is 1.93 bits per heavy atom. The van der Waals surface area contributed by atoms with Crippen LogP contribution < -0.4 is 10.6 Å². The molecule has 14 heavy (non-hydrogen) atoms. The lowest BCUT2D eigenvalue weighted by Gasteiger charge is -2.28. The second-order valence-corrected chi connectivity index (χ2v) is 4.00. The van der Waals surface area contributed by atoms with E-state index in [0.717, 1.165) is 0 Å². The Hall–Kier alpha value is -1.39. The Morgan fingerprint density at radius 1 is 1.36 bits per heavy atom. The summed E-state index contributed by atoms with van der Waals surface area (Å²) in [7, 11) is 0. The third kappa shape index (κ3) is 4.02. The lowest BCUT2D eigenvalue weighted by Crippen LogP contribution is -2.51. The second kappa shape index (κ2) is 5.36. The van der Waals surface area contributed by atoms with Crippen molar-refractivity contribution in [3.05, 3.63) is 0 Å². The summed E-state index contributed by atoms with van der Waals surface area (Å²) in [6.07, 6.45) is 1.08. The molecule has 0 rings (SSSR count).